The molecule has 0 aliphatic heterocycles. The predicted molar refractivity (Wildman–Crippen MR) is 56.5 cm³/mol. The van der Waals surface area contributed by atoms with Gasteiger partial charge in [-0.15, -0.1) is 11.3 Å². The van der Waals surface area contributed by atoms with E-state index in [1.54, 1.807) is 18.3 Å². The number of Topliss-reactive ketones (excluding diaryl/α,β-unsaturated/α-hetero) is 1. The molecule has 0 spiro atoms. The Hall–Kier alpha value is -1.29. The van der Waals surface area contributed by atoms with Crippen molar-refractivity contribution in [2.75, 3.05) is 0 Å². The van der Waals surface area contributed by atoms with Crippen molar-refractivity contribution in [2.24, 2.45) is 0 Å². The molecule has 0 fully saturated rings. The van der Waals surface area contributed by atoms with Gasteiger partial charge in [0.2, 0.25) is 0 Å². The van der Waals surface area contributed by atoms with Gasteiger partial charge in [0.15, 0.2) is 0 Å². The second kappa shape index (κ2) is 3.46. The molecule has 2 aromatic rings. The van der Waals surface area contributed by atoms with Crippen molar-refractivity contribution in [1.29, 1.82) is 0 Å². The van der Waals surface area contributed by atoms with Gasteiger partial charge in [-0.3, -0.25) is 4.79 Å². The summed E-state index contributed by atoms with van der Waals surface area (Å²) in [6, 6.07) is 1.97. The minimum absolute atomic E-state index is 0.135. The molecule has 0 saturated carbocycles. The van der Waals surface area contributed by atoms with Crippen LogP contribution in [0.2, 0.25) is 0 Å². The normalized spacial score (nSPS) is 10.7. The Morgan fingerprint density at radius 2 is 2.29 bits per heavy atom. The largest absolute Gasteiger partial charge is 0.300 e. The summed E-state index contributed by atoms with van der Waals surface area (Å²) in [4.78, 5) is 20.6. The lowest BCUT2D eigenvalue weighted by Gasteiger charge is -2.00. The van der Waals surface area contributed by atoms with Crippen LogP contribution in [-0.4, -0.2) is 15.8 Å². The average Bonchev–Trinajstić information content (AvgIpc) is 2.50. The first-order chi connectivity index (χ1) is 6.66. The highest BCUT2D eigenvalue weighted by atomic mass is 32.1. The van der Waals surface area contributed by atoms with Gasteiger partial charge in [-0.25, -0.2) is 9.97 Å². The Bertz CT molecular complexity index is 490. The van der Waals surface area contributed by atoms with E-state index >= 15 is 0 Å². The molecule has 0 bridgehead atoms. The van der Waals surface area contributed by atoms with Gasteiger partial charge in [-0.1, -0.05) is 0 Å². The van der Waals surface area contributed by atoms with Crippen molar-refractivity contribution in [3.8, 4) is 0 Å². The van der Waals surface area contributed by atoms with Gasteiger partial charge >= 0.3 is 0 Å². The number of nitrogens with zero attached hydrogens (tertiary/aromatic N) is 2. The lowest BCUT2D eigenvalue weighted by molar-refractivity contribution is -0.116. The number of aryl methyl sites for hydroxylation is 1. The Morgan fingerprint density at radius 1 is 1.50 bits per heavy atom. The van der Waals surface area contributed by atoms with Gasteiger partial charge in [0.25, 0.3) is 0 Å². The van der Waals surface area contributed by atoms with E-state index in [1.165, 1.54) is 0 Å². The summed E-state index contributed by atoms with van der Waals surface area (Å²) in [6.45, 7) is 3.43. The van der Waals surface area contributed by atoms with Gasteiger partial charge in [0.1, 0.15) is 16.4 Å². The number of rotatable bonds is 2. The van der Waals surface area contributed by atoms with Crippen LogP contribution in [0.4, 0.5) is 0 Å². The summed E-state index contributed by atoms with van der Waals surface area (Å²) in [7, 11) is 0. The zero-order valence-electron chi connectivity index (χ0n) is 8.07. The van der Waals surface area contributed by atoms with Gasteiger partial charge in [-0.2, -0.15) is 0 Å². The predicted octanol–water partition coefficient (Wildman–Crippen LogP) is 2.13. The van der Waals surface area contributed by atoms with Gasteiger partial charge in [0, 0.05) is 11.8 Å². The SMILES string of the molecule is CC(=O)Cc1nc(C)nc2sccc12. The highest BCUT2D eigenvalue weighted by Gasteiger charge is 2.08. The molecule has 0 N–H and O–H groups in total. The molecule has 0 unspecified atom stereocenters. The number of thiophene rings is 1. The fraction of sp³-hybridized carbons (Fsp3) is 0.300. The smallest absolute Gasteiger partial charge is 0.135 e. The molecule has 0 amide bonds. The lowest BCUT2D eigenvalue weighted by atomic mass is 10.2. The maximum Gasteiger partial charge on any atom is 0.135 e. The summed E-state index contributed by atoms with van der Waals surface area (Å²) in [6.07, 6.45) is 0.399. The van der Waals surface area contributed by atoms with E-state index in [-0.39, 0.29) is 5.78 Å². The number of aromatic nitrogens is 2. The quantitative estimate of drug-likeness (QED) is 0.756. The summed E-state index contributed by atoms with van der Waals surface area (Å²) < 4.78 is 0. The maximum absolute atomic E-state index is 11.0. The molecule has 72 valence electrons. The van der Waals surface area contributed by atoms with E-state index in [0.29, 0.717) is 6.42 Å². The molecule has 14 heavy (non-hydrogen) atoms. The summed E-state index contributed by atoms with van der Waals surface area (Å²) >= 11 is 1.58. The third-order valence-electron chi connectivity index (χ3n) is 1.93. The van der Waals surface area contributed by atoms with Gasteiger partial charge < -0.3 is 0 Å². The average molecular weight is 206 g/mol. The van der Waals surface area contributed by atoms with Crippen molar-refractivity contribution in [1.82, 2.24) is 9.97 Å². The molecular formula is C10H10N2OS. The highest BCUT2D eigenvalue weighted by Crippen LogP contribution is 2.21. The Morgan fingerprint density at radius 3 is 3.00 bits per heavy atom. The molecule has 0 aromatic carbocycles. The molecule has 4 heteroatoms. The van der Waals surface area contributed by atoms with E-state index < -0.39 is 0 Å². The van der Waals surface area contributed by atoms with E-state index in [1.807, 2.05) is 18.4 Å². The number of hydrogen-bond donors (Lipinski definition) is 0. The number of carbonyl (C=O) groups is 1. The van der Waals surface area contributed by atoms with Crippen molar-refractivity contribution in [2.45, 2.75) is 20.3 Å². The summed E-state index contributed by atoms with van der Waals surface area (Å²) in [5.41, 5.74) is 0.848. The summed E-state index contributed by atoms with van der Waals surface area (Å²) in [5.74, 6) is 0.867. The van der Waals surface area contributed by atoms with E-state index in [4.69, 9.17) is 0 Å². The lowest BCUT2D eigenvalue weighted by Crippen LogP contribution is -2.02. The van der Waals surface area contributed by atoms with Crippen LogP contribution in [0.5, 0.6) is 0 Å². The third-order valence-corrected chi connectivity index (χ3v) is 2.74. The van der Waals surface area contributed by atoms with Crippen LogP contribution in [0.15, 0.2) is 11.4 Å². The molecule has 0 saturated heterocycles. The fourth-order valence-corrected chi connectivity index (χ4v) is 2.24. The Labute approximate surface area is 85.8 Å². The molecule has 3 nitrogen and oxygen atoms in total. The first-order valence-corrected chi connectivity index (χ1v) is 5.25. The third kappa shape index (κ3) is 1.65. The number of carbonyl (C=O) groups excluding carboxylic acids is 1. The second-order valence-electron chi connectivity index (χ2n) is 3.24. The first-order valence-electron chi connectivity index (χ1n) is 4.37. The molecule has 0 atom stereocenters. The van der Waals surface area contributed by atoms with E-state index in [0.717, 1.165) is 21.7 Å². The van der Waals surface area contributed by atoms with Crippen LogP contribution in [0, 0.1) is 6.92 Å². The fourth-order valence-electron chi connectivity index (χ4n) is 1.41. The standard InChI is InChI=1S/C10H10N2OS/c1-6(13)5-9-8-3-4-14-10(8)12-7(2)11-9/h3-4H,5H2,1-2H3. The van der Waals surface area contributed by atoms with Crippen LogP contribution in [0.25, 0.3) is 10.2 Å². The zero-order valence-corrected chi connectivity index (χ0v) is 8.89. The minimum Gasteiger partial charge on any atom is -0.300 e. The number of ketones is 1. The van der Waals surface area contributed by atoms with Crippen LogP contribution in [0.3, 0.4) is 0 Å². The maximum atomic E-state index is 11.0. The highest BCUT2D eigenvalue weighted by molar-refractivity contribution is 7.16. The molecule has 0 aliphatic rings. The Balaban J connectivity index is 2.60. The summed E-state index contributed by atoms with van der Waals surface area (Å²) in [5, 5.41) is 2.98. The first kappa shape index (κ1) is 9.27. The van der Waals surface area contributed by atoms with Crippen LogP contribution < -0.4 is 0 Å². The van der Waals surface area contributed by atoms with Crippen LogP contribution in [0.1, 0.15) is 18.4 Å². The molecule has 0 radical (unpaired) electrons. The van der Waals surface area contributed by atoms with Gasteiger partial charge in [0.05, 0.1) is 5.69 Å². The monoisotopic (exact) mass is 206 g/mol. The second-order valence-corrected chi connectivity index (χ2v) is 4.13. The molecule has 0 aliphatic carbocycles. The van der Waals surface area contributed by atoms with Crippen molar-refractivity contribution >= 4 is 27.3 Å². The molecular weight excluding hydrogens is 196 g/mol. The van der Waals surface area contributed by atoms with E-state index in [2.05, 4.69) is 9.97 Å². The van der Waals surface area contributed by atoms with Gasteiger partial charge in [-0.05, 0) is 25.3 Å². The molecule has 2 heterocycles. The zero-order chi connectivity index (χ0) is 10.1. The van der Waals surface area contributed by atoms with Crippen LogP contribution >= 0.6 is 11.3 Å². The Kier molecular flexibility index (Phi) is 2.29. The van der Waals surface area contributed by atoms with E-state index in [9.17, 15) is 4.79 Å². The van der Waals surface area contributed by atoms with Crippen molar-refractivity contribution in [3.05, 3.63) is 23.0 Å². The van der Waals surface area contributed by atoms with Crippen molar-refractivity contribution in [3.63, 3.8) is 0 Å². The molecule has 2 aromatic heterocycles. The topological polar surface area (TPSA) is 42.9 Å². The number of hydrogen-bond acceptors (Lipinski definition) is 4. The minimum atomic E-state index is 0.135. The van der Waals surface area contributed by atoms with Crippen LogP contribution in [-0.2, 0) is 11.2 Å². The molecule has 2 rings (SSSR count). The number of fused-ring (bicyclic) bond motifs is 1. The van der Waals surface area contributed by atoms with Crippen molar-refractivity contribution < 1.29 is 4.79 Å².